The quantitative estimate of drug-likeness (QED) is 0.811. The van der Waals surface area contributed by atoms with Crippen LogP contribution in [0.2, 0.25) is 0 Å². The van der Waals surface area contributed by atoms with Crippen molar-refractivity contribution in [2.45, 2.75) is 31.2 Å². The maximum absolute atomic E-state index is 12.3. The van der Waals surface area contributed by atoms with E-state index in [4.69, 9.17) is 15.2 Å². The van der Waals surface area contributed by atoms with E-state index in [-0.39, 0.29) is 5.78 Å². The molecule has 0 radical (unpaired) electrons. The van der Waals surface area contributed by atoms with Gasteiger partial charge in [-0.1, -0.05) is 0 Å². The Morgan fingerprint density at radius 3 is 2.50 bits per heavy atom. The minimum absolute atomic E-state index is 0.0180. The van der Waals surface area contributed by atoms with E-state index in [2.05, 4.69) is 0 Å². The van der Waals surface area contributed by atoms with Gasteiger partial charge in [-0.15, -0.1) is 0 Å². The highest BCUT2D eigenvalue weighted by atomic mass is 16.5. The van der Waals surface area contributed by atoms with Crippen LogP contribution in [-0.4, -0.2) is 24.5 Å². The Labute approximate surface area is 106 Å². The predicted octanol–water partition coefficient (Wildman–Crippen LogP) is 1.91. The van der Waals surface area contributed by atoms with Crippen LogP contribution >= 0.6 is 0 Å². The minimum Gasteiger partial charge on any atom is -0.490 e. The second-order valence-corrected chi connectivity index (χ2v) is 5.05. The smallest absolute Gasteiger partial charge is 0.182 e. The Kier molecular flexibility index (Phi) is 2.74. The number of fused-ring (bicyclic) bond motifs is 1. The number of ether oxygens (including phenoxy) is 2. The average Bonchev–Trinajstić information content (AvgIpc) is 2.59. The largest absolute Gasteiger partial charge is 0.490 e. The fourth-order valence-electron chi connectivity index (χ4n) is 2.38. The van der Waals surface area contributed by atoms with Crippen molar-refractivity contribution in [2.75, 3.05) is 13.2 Å². The lowest BCUT2D eigenvalue weighted by Gasteiger charge is -2.36. The summed E-state index contributed by atoms with van der Waals surface area (Å²) < 4.78 is 11.1. The van der Waals surface area contributed by atoms with Gasteiger partial charge >= 0.3 is 0 Å². The Hall–Kier alpha value is -1.55. The molecule has 0 atom stereocenters. The van der Waals surface area contributed by atoms with Crippen LogP contribution in [0.1, 0.15) is 36.0 Å². The van der Waals surface area contributed by atoms with Crippen LogP contribution in [0.4, 0.5) is 0 Å². The molecule has 1 fully saturated rings. The van der Waals surface area contributed by atoms with Crippen LogP contribution in [0.3, 0.4) is 0 Å². The number of carbonyl (C=O) groups is 1. The molecule has 1 aromatic carbocycles. The maximum atomic E-state index is 12.3. The summed E-state index contributed by atoms with van der Waals surface area (Å²) in [6.45, 7) is 1.28. The molecule has 1 heterocycles. The Bertz CT molecular complexity index is 480. The molecule has 2 aliphatic rings. The normalized spacial score (nSPS) is 20.7. The van der Waals surface area contributed by atoms with Gasteiger partial charge in [-0.3, -0.25) is 4.79 Å². The molecule has 4 nitrogen and oxygen atoms in total. The monoisotopic (exact) mass is 247 g/mol. The predicted molar refractivity (Wildman–Crippen MR) is 67.1 cm³/mol. The van der Waals surface area contributed by atoms with E-state index >= 15 is 0 Å². The third-order valence-corrected chi connectivity index (χ3v) is 3.71. The van der Waals surface area contributed by atoms with E-state index in [9.17, 15) is 4.79 Å². The van der Waals surface area contributed by atoms with Crippen molar-refractivity contribution in [1.82, 2.24) is 0 Å². The lowest BCUT2D eigenvalue weighted by Crippen LogP contribution is -2.53. The summed E-state index contributed by atoms with van der Waals surface area (Å²) in [6.07, 6.45) is 3.45. The molecule has 3 rings (SSSR count). The van der Waals surface area contributed by atoms with Gasteiger partial charge in [0.15, 0.2) is 17.3 Å². The second-order valence-electron chi connectivity index (χ2n) is 5.05. The third-order valence-electron chi connectivity index (χ3n) is 3.71. The summed E-state index contributed by atoms with van der Waals surface area (Å²) in [5.41, 5.74) is 6.04. The van der Waals surface area contributed by atoms with Gasteiger partial charge in [0.25, 0.3) is 0 Å². The van der Waals surface area contributed by atoms with E-state index in [0.717, 1.165) is 25.7 Å². The molecule has 1 aliphatic heterocycles. The molecular weight excluding hydrogens is 230 g/mol. The fraction of sp³-hybridized carbons (Fsp3) is 0.500. The van der Waals surface area contributed by atoms with Gasteiger partial charge in [-0.05, 0) is 37.5 Å². The zero-order chi connectivity index (χ0) is 12.6. The molecule has 0 aromatic heterocycles. The number of rotatable bonds is 2. The van der Waals surface area contributed by atoms with E-state index in [0.29, 0.717) is 30.3 Å². The van der Waals surface area contributed by atoms with Crippen molar-refractivity contribution in [2.24, 2.45) is 5.73 Å². The number of hydrogen-bond donors (Lipinski definition) is 1. The first kappa shape index (κ1) is 11.5. The van der Waals surface area contributed by atoms with E-state index < -0.39 is 5.54 Å². The Balaban J connectivity index is 1.89. The number of benzene rings is 1. The first-order valence-corrected chi connectivity index (χ1v) is 6.42. The van der Waals surface area contributed by atoms with Crippen molar-refractivity contribution in [3.05, 3.63) is 23.8 Å². The number of carbonyl (C=O) groups excluding carboxylic acids is 1. The number of ketones is 1. The lowest BCUT2D eigenvalue weighted by atomic mass is 9.73. The molecule has 2 N–H and O–H groups in total. The summed E-state index contributed by atoms with van der Waals surface area (Å²) in [5, 5.41) is 0. The highest BCUT2D eigenvalue weighted by Crippen LogP contribution is 2.35. The van der Waals surface area contributed by atoms with Gasteiger partial charge < -0.3 is 15.2 Å². The van der Waals surface area contributed by atoms with Crippen LogP contribution in [0.5, 0.6) is 11.5 Å². The lowest BCUT2D eigenvalue weighted by molar-refractivity contribution is 0.0800. The first-order chi connectivity index (χ1) is 8.69. The van der Waals surface area contributed by atoms with Crippen molar-refractivity contribution in [3.63, 3.8) is 0 Å². The van der Waals surface area contributed by atoms with E-state index in [1.165, 1.54) is 0 Å². The molecule has 1 aliphatic carbocycles. The summed E-state index contributed by atoms with van der Waals surface area (Å²) >= 11 is 0. The molecule has 96 valence electrons. The zero-order valence-corrected chi connectivity index (χ0v) is 10.3. The molecule has 18 heavy (non-hydrogen) atoms. The molecule has 1 saturated carbocycles. The SMILES string of the molecule is NC1(C(=O)c2ccc3c(c2)OCCCO3)CCC1. The van der Waals surface area contributed by atoms with Gasteiger partial charge in [0, 0.05) is 12.0 Å². The highest BCUT2D eigenvalue weighted by molar-refractivity contribution is 6.04. The van der Waals surface area contributed by atoms with Crippen molar-refractivity contribution in [1.29, 1.82) is 0 Å². The van der Waals surface area contributed by atoms with Crippen molar-refractivity contribution in [3.8, 4) is 11.5 Å². The molecular formula is C14H17NO3. The van der Waals surface area contributed by atoms with Crippen molar-refractivity contribution < 1.29 is 14.3 Å². The van der Waals surface area contributed by atoms with Crippen LogP contribution in [-0.2, 0) is 0 Å². The number of hydrogen-bond acceptors (Lipinski definition) is 4. The molecule has 0 bridgehead atoms. The molecule has 1 aromatic rings. The molecule has 0 spiro atoms. The van der Waals surface area contributed by atoms with Gasteiger partial charge in [0.2, 0.25) is 0 Å². The zero-order valence-electron chi connectivity index (χ0n) is 10.3. The Morgan fingerprint density at radius 2 is 1.83 bits per heavy atom. The van der Waals surface area contributed by atoms with E-state index in [1.54, 1.807) is 18.2 Å². The molecule has 0 saturated heterocycles. The summed E-state index contributed by atoms with van der Waals surface area (Å²) in [6, 6.07) is 5.34. The summed E-state index contributed by atoms with van der Waals surface area (Å²) in [7, 11) is 0. The third kappa shape index (κ3) is 1.86. The van der Waals surface area contributed by atoms with Crippen molar-refractivity contribution >= 4 is 5.78 Å². The maximum Gasteiger partial charge on any atom is 0.182 e. The Morgan fingerprint density at radius 1 is 1.11 bits per heavy atom. The molecule has 4 heteroatoms. The molecule has 0 unspecified atom stereocenters. The van der Waals surface area contributed by atoms with Crippen LogP contribution in [0.25, 0.3) is 0 Å². The van der Waals surface area contributed by atoms with Crippen LogP contribution in [0, 0.1) is 0 Å². The van der Waals surface area contributed by atoms with Gasteiger partial charge in [-0.2, -0.15) is 0 Å². The minimum atomic E-state index is -0.653. The highest BCUT2D eigenvalue weighted by Gasteiger charge is 2.40. The average molecular weight is 247 g/mol. The summed E-state index contributed by atoms with van der Waals surface area (Å²) in [4.78, 5) is 12.3. The van der Waals surface area contributed by atoms with Gasteiger partial charge in [-0.25, -0.2) is 0 Å². The van der Waals surface area contributed by atoms with Gasteiger partial charge in [0.1, 0.15) is 0 Å². The van der Waals surface area contributed by atoms with Crippen LogP contribution in [0.15, 0.2) is 18.2 Å². The summed E-state index contributed by atoms with van der Waals surface area (Å²) in [5.74, 6) is 1.38. The number of Topliss-reactive ketones (excluding diaryl/α,β-unsaturated/α-hetero) is 1. The van der Waals surface area contributed by atoms with Crippen LogP contribution < -0.4 is 15.2 Å². The van der Waals surface area contributed by atoms with Gasteiger partial charge in [0.05, 0.1) is 18.8 Å². The second kappa shape index (κ2) is 4.28. The topological polar surface area (TPSA) is 61.6 Å². The fourth-order valence-corrected chi connectivity index (χ4v) is 2.38. The first-order valence-electron chi connectivity index (χ1n) is 6.42. The number of nitrogens with two attached hydrogens (primary N) is 1. The molecule has 0 amide bonds. The van der Waals surface area contributed by atoms with E-state index in [1.807, 2.05) is 0 Å². The standard InChI is InChI=1S/C14H17NO3/c15-14(5-1-6-14)13(16)10-3-4-11-12(9-10)18-8-2-7-17-11/h3-4,9H,1-2,5-8,15H2.